The predicted octanol–water partition coefficient (Wildman–Crippen LogP) is 0.586. The monoisotopic (exact) mass is 267 g/mol. The highest BCUT2D eigenvalue weighted by atomic mass is 32.2. The highest BCUT2D eigenvalue weighted by Gasteiger charge is 2.14. The molecule has 0 aliphatic carbocycles. The SMILES string of the molecule is COCCCS(=O)(=O)NC(C)CCCC(=O)O. The summed E-state index contributed by atoms with van der Waals surface area (Å²) >= 11 is 0. The second kappa shape index (κ2) is 8.43. The summed E-state index contributed by atoms with van der Waals surface area (Å²) in [5.41, 5.74) is 0. The zero-order chi connectivity index (χ0) is 13.3. The van der Waals surface area contributed by atoms with Crippen LogP contribution in [-0.2, 0) is 19.6 Å². The number of hydrogen-bond donors (Lipinski definition) is 2. The first-order chi connectivity index (χ1) is 7.87. The maximum atomic E-state index is 11.5. The number of aliphatic carboxylic acids is 1. The van der Waals surface area contributed by atoms with Gasteiger partial charge in [0.2, 0.25) is 10.0 Å². The van der Waals surface area contributed by atoms with Crippen LogP contribution in [0.1, 0.15) is 32.6 Å². The van der Waals surface area contributed by atoms with Crippen molar-refractivity contribution in [3.63, 3.8) is 0 Å². The van der Waals surface area contributed by atoms with E-state index in [1.165, 1.54) is 7.11 Å². The molecular weight excluding hydrogens is 246 g/mol. The number of nitrogens with one attached hydrogen (secondary N) is 1. The van der Waals surface area contributed by atoms with E-state index in [9.17, 15) is 13.2 Å². The van der Waals surface area contributed by atoms with E-state index in [0.717, 1.165) is 0 Å². The molecule has 1 unspecified atom stereocenters. The number of carboxylic acids is 1. The molecular formula is C10H21NO5S. The minimum Gasteiger partial charge on any atom is -0.481 e. The summed E-state index contributed by atoms with van der Waals surface area (Å²) < 4.78 is 30.3. The van der Waals surface area contributed by atoms with Gasteiger partial charge < -0.3 is 9.84 Å². The van der Waals surface area contributed by atoms with Crippen LogP contribution < -0.4 is 4.72 Å². The van der Waals surface area contributed by atoms with Gasteiger partial charge in [-0.15, -0.1) is 0 Å². The van der Waals surface area contributed by atoms with Crippen LogP contribution in [0.25, 0.3) is 0 Å². The summed E-state index contributed by atoms with van der Waals surface area (Å²) in [4.78, 5) is 10.3. The van der Waals surface area contributed by atoms with Crippen molar-refractivity contribution in [2.45, 2.75) is 38.6 Å². The molecule has 0 radical (unpaired) electrons. The Balaban J connectivity index is 3.84. The third-order valence-corrected chi connectivity index (χ3v) is 3.76. The van der Waals surface area contributed by atoms with Crippen LogP contribution in [0, 0.1) is 0 Å². The summed E-state index contributed by atoms with van der Waals surface area (Å²) in [5.74, 6) is -0.829. The average molecular weight is 267 g/mol. The van der Waals surface area contributed by atoms with Crippen molar-refractivity contribution in [1.29, 1.82) is 0 Å². The molecule has 2 N–H and O–H groups in total. The smallest absolute Gasteiger partial charge is 0.303 e. The molecule has 0 aromatic carbocycles. The van der Waals surface area contributed by atoms with Crippen LogP contribution in [0.2, 0.25) is 0 Å². The molecule has 0 heterocycles. The summed E-state index contributed by atoms with van der Waals surface area (Å²) in [6, 6.07) is -0.234. The fraction of sp³-hybridized carbons (Fsp3) is 0.900. The van der Waals surface area contributed by atoms with Gasteiger partial charge in [-0.2, -0.15) is 0 Å². The maximum Gasteiger partial charge on any atom is 0.303 e. The molecule has 0 aliphatic heterocycles. The fourth-order valence-electron chi connectivity index (χ4n) is 1.38. The van der Waals surface area contributed by atoms with Crippen molar-refractivity contribution < 1.29 is 23.1 Å². The Morgan fingerprint density at radius 1 is 1.41 bits per heavy atom. The van der Waals surface area contributed by atoms with Crippen molar-refractivity contribution in [1.82, 2.24) is 4.72 Å². The quantitative estimate of drug-likeness (QED) is 0.565. The third-order valence-electron chi connectivity index (χ3n) is 2.17. The molecule has 102 valence electrons. The predicted molar refractivity (Wildman–Crippen MR) is 64.4 cm³/mol. The number of rotatable bonds is 10. The Morgan fingerprint density at radius 3 is 2.59 bits per heavy atom. The molecule has 17 heavy (non-hydrogen) atoms. The van der Waals surface area contributed by atoms with Crippen molar-refractivity contribution in [2.75, 3.05) is 19.5 Å². The lowest BCUT2D eigenvalue weighted by atomic mass is 10.1. The van der Waals surface area contributed by atoms with Crippen LogP contribution in [0.4, 0.5) is 0 Å². The van der Waals surface area contributed by atoms with Crippen LogP contribution in [0.5, 0.6) is 0 Å². The number of hydrogen-bond acceptors (Lipinski definition) is 4. The Hall–Kier alpha value is -0.660. The second-order valence-electron chi connectivity index (χ2n) is 3.97. The standard InChI is InChI=1S/C10H21NO5S/c1-9(5-3-6-10(12)13)11-17(14,15)8-4-7-16-2/h9,11H,3-8H2,1-2H3,(H,12,13). The first-order valence-corrected chi connectivity index (χ1v) is 7.23. The first-order valence-electron chi connectivity index (χ1n) is 5.58. The summed E-state index contributed by atoms with van der Waals surface area (Å²) in [5, 5.41) is 8.45. The van der Waals surface area contributed by atoms with Gasteiger partial charge in [0.1, 0.15) is 0 Å². The van der Waals surface area contributed by atoms with Gasteiger partial charge in [-0.25, -0.2) is 13.1 Å². The highest BCUT2D eigenvalue weighted by Crippen LogP contribution is 2.02. The van der Waals surface area contributed by atoms with Crippen LogP contribution >= 0.6 is 0 Å². The molecule has 6 nitrogen and oxygen atoms in total. The Kier molecular flexibility index (Phi) is 8.11. The van der Waals surface area contributed by atoms with Crippen molar-refractivity contribution in [2.24, 2.45) is 0 Å². The molecule has 1 atom stereocenters. The zero-order valence-electron chi connectivity index (χ0n) is 10.3. The third kappa shape index (κ3) is 10.2. The normalized spacial score (nSPS) is 13.5. The van der Waals surface area contributed by atoms with E-state index in [2.05, 4.69) is 4.72 Å². The largest absolute Gasteiger partial charge is 0.481 e. The average Bonchev–Trinajstić information content (AvgIpc) is 2.16. The van der Waals surface area contributed by atoms with Gasteiger partial charge in [-0.3, -0.25) is 4.79 Å². The molecule has 0 spiro atoms. The maximum absolute atomic E-state index is 11.5. The first kappa shape index (κ1) is 16.3. The van der Waals surface area contributed by atoms with E-state index < -0.39 is 16.0 Å². The van der Waals surface area contributed by atoms with E-state index in [4.69, 9.17) is 9.84 Å². The van der Waals surface area contributed by atoms with Crippen LogP contribution in [0.3, 0.4) is 0 Å². The molecule has 0 amide bonds. The topological polar surface area (TPSA) is 92.7 Å². The lowest BCUT2D eigenvalue weighted by molar-refractivity contribution is -0.137. The lowest BCUT2D eigenvalue weighted by Gasteiger charge is -2.13. The fourth-order valence-corrected chi connectivity index (χ4v) is 2.72. The van der Waals surface area contributed by atoms with E-state index in [-0.39, 0.29) is 18.2 Å². The second-order valence-corrected chi connectivity index (χ2v) is 5.84. The number of carboxylic acid groups (broad SMARTS) is 1. The van der Waals surface area contributed by atoms with Crippen molar-refractivity contribution >= 4 is 16.0 Å². The molecule has 0 aromatic heterocycles. The summed E-state index contributed by atoms with van der Waals surface area (Å²) in [6.07, 6.45) is 1.51. The van der Waals surface area contributed by atoms with Crippen molar-refractivity contribution in [3.8, 4) is 0 Å². The molecule has 0 rings (SSSR count). The van der Waals surface area contributed by atoms with E-state index >= 15 is 0 Å². The number of carbonyl (C=O) groups is 1. The summed E-state index contributed by atoms with van der Waals surface area (Å²) in [7, 11) is -1.76. The van der Waals surface area contributed by atoms with E-state index in [0.29, 0.717) is 25.9 Å². The van der Waals surface area contributed by atoms with Gasteiger partial charge >= 0.3 is 5.97 Å². The molecule has 0 saturated carbocycles. The van der Waals surface area contributed by atoms with Gasteiger partial charge in [0.25, 0.3) is 0 Å². The molecule has 0 aromatic rings. The molecule has 7 heteroatoms. The van der Waals surface area contributed by atoms with E-state index in [1.54, 1.807) is 6.92 Å². The number of sulfonamides is 1. The summed E-state index contributed by atoms with van der Waals surface area (Å²) in [6.45, 7) is 2.14. The molecule has 0 fully saturated rings. The Labute approximate surface area is 102 Å². The van der Waals surface area contributed by atoms with Gasteiger partial charge in [-0.1, -0.05) is 0 Å². The Bertz CT molecular complexity index is 315. The van der Waals surface area contributed by atoms with Crippen LogP contribution in [0.15, 0.2) is 0 Å². The van der Waals surface area contributed by atoms with Crippen molar-refractivity contribution in [3.05, 3.63) is 0 Å². The molecule has 0 aliphatic rings. The van der Waals surface area contributed by atoms with Crippen LogP contribution in [-0.4, -0.2) is 45.0 Å². The minimum atomic E-state index is -3.28. The molecule has 0 saturated heterocycles. The molecule has 0 bridgehead atoms. The minimum absolute atomic E-state index is 0.0319. The zero-order valence-corrected chi connectivity index (χ0v) is 11.1. The van der Waals surface area contributed by atoms with Gasteiger partial charge in [0.15, 0.2) is 0 Å². The lowest BCUT2D eigenvalue weighted by Crippen LogP contribution is -2.34. The number of ether oxygens (including phenoxy) is 1. The Morgan fingerprint density at radius 2 is 2.06 bits per heavy atom. The number of methoxy groups -OCH3 is 1. The van der Waals surface area contributed by atoms with Gasteiger partial charge in [0, 0.05) is 26.2 Å². The highest BCUT2D eigenvalue weighted by molar-refractivity contribution is 7.89. The van der Waals surface area contributed by atoms with Gasteiger partial charge in [0.05, 0.1) is 5.75 Å². The van der Waals surface area contributed by atoms with E-state index in [1.807, 2.05) is 0 Å². The van der Waals surface area contributed by atoms with Gasteiger partial charge in [-0.05, 0) is 26.2 Å².